The molecule has 3 rings (SSSR count). The molecule has 1 fully saturated rings. The number of thiophene rings is 1. The molecule has 1 aliphatic heterocycles. The van der Waals surface area contributed by atoms with Crippen LogP contribution in [0.25, 0.3) is 0 Å². The molecular weight excluding hydrogens is 375 g/mol. The van der Waals surface area contributed by atoms with Crippen LogP contribution in [0.3, 0.4) is 0 Å². The van der Waals surface area contributed by atoms with Crippen molar-refractivity contribution in [3.05, 3.63) is 45.3 Å². The number of carbonyl (C=O) groups is 1. The first-order valence-electron chi connectivity index (χ1n) is 8.96. The van der Waals surface area contributed by atoms with Gasteiger partial charge in [0, 0.05) is 37.3 Å². The van der Waals surface area contributed by atoms with Crippen molar-refractivity contribution >= 4 is 23.1 Å². The zero-order valence-corrected chi connectivity index (χ0v) is 16.2. The van der Waals surface area contributed by atoms with Gasteiger partial charge in [-0.1, -0.05) is 6.92 Å². The fourth-order valence-electron chi connectivity index (χ4n) is 3.22. The van der Waals surface area contributed by atoms with Crippen LogP contribution in [0.15, 0.2) is 24.4 Å². The van der Waals surface area contributed by atoms with E-state index in [-0.39, 0.29) is 5.91 Å². The van der Waals surface area contributed by atoms with Crippen LogP contribution in [0.5, 0.6) is 0 Å². The molecule has 0 saturated carbocycles. The molecule has 8 heteroatoms. The molecule has 0 atom stereocenters. The second-order valence-electron chi connectivity index (χ2n) is 6.61. The summed E-state index contributed by atoms with van der Waals surface area (Å²) in [6, 6.07) is 4.40. The Morgan fingerprint density at radius 3 is 2.59 bits per heavy atom. The first-order valence-corrected chi connectivity index (χ1v) is 9.78. The van der Waals surface area contributed by atoms with E-state index in [0.717, 1.165) is 35.5 Å². The Kier molecular flexibility index (Phi) is 5.74. The summed E-state index contributed by atoms with van der Waals surface area (Å²) in [6.45, 7) is 6.47. The Labute approximate surface area is 160 Å². The van der Waals surface area contributed by atoms with Crippen LogP contribution in [-0.2, 0) is 12.6 Å². The van der Waals surface area contributed by atoms with Gasteiger partial charge in [-0.2, -0.15) is 13.2 Å². The van der Waals surface area contributed by atoms with E-state index in [1.54, 1.807) is 11.3 Å². The highest BCUT2D eigenvalue weighted by Gasteiger charge is 2.31. The van der Waals surface area contributed by atoms with E-state index in [9.17, 15) is 18.0 Å². The predicted molar refractivity (Wildman–Crippen MR) is 100 cm³/mol. The lowest BCUT2D eigenvalue weighted by molar-refractivity contribution is -0.137. The van der Waals surface area contributed by atoms with Crippen LogP contribution in [0.1, 0.15) is 39.0 Å². The maximum Gasteiger partial charge on any atom is 0.417 e. The SMILES string of the molecule is CCc1sc(C(=O)N2CCCN(c3ccc(C(F)(F)F)cn3)CC2)cc1C. The summed E-state index contributed by atoms with van der Waals surface area (Å²) in [5.74, 6) is 0.544. The first kappa shape index (κ1) is 19.7. The lowest BCUT2D eigenvalue weighted by Crippen LogP contribution is -2.35. The van der Waals surface area contributed by atoms with Crippen molar-refractivity contribution in [3.63, 3.8) is 0 Å². The van der Waals surface area contributed by atoms with Crippen molar-refractivity contribution < 1.29 is 18.0 Å². The third-order valence-electron chi connectivity index (χ3n) is 4.73. The van der Waals surface area contributed by atoms with Gasteiger partial charge in [-0.3, -0.25) is 4.79 Å². The van der Waals surface area contributed by atoms with Gasteiger partial charge in [-0.15, -0.1) is 11.3 Å². The summed E-state index contributed by atoms with van der Waals surface area (Å²) in [5.41, 5.74) is 0.397. The minimum atomic E-state index is -4.39. The van der Waals surface area contributed by atoms with E-state index in [1.165, 1.54) is 10.9 Å². The number of carbonyl (C=O) groups excluding carboxylic acids is 1. The van der Waals surface area contributed by atoms with E-state index in [4.69, 9.17) is 0 Å². The standard InChI is InChI=1S/C19H22F3N3OS/c1-3-15-13(2)11-16(27-15)18(26)25-8-4-7-24(9-10-25)17-6-5-14(12-23-17)19(20,21)22/h5-6,11-12H,3-4,7-10H2,1-2H3. The average molecular weight is 397 g/mol. The predicted octanol–water partition coefficient (Wildman–Crippen LogP) is 4.39. The Bertz CT molecular complexity index is 802. The van der Waals surface area contributed by atoms with E-state index in [0.29, 0.717) is 32.0 Å². The molecule has 0 radical (unpaired) electrons. The quantitative estimate of drug-likeness (QED) is 0.771. The molecule has 2 aromatic heterocycles. The molecule has 0 bridgehead atoms. The molecule has 27 heavy (non-hydrogen) atoms. The van der Waals surface area contributed by atoms with Crippen LogP contribution in [0.2, 0.25) is 0 Å². The summed E-state index contributed by atoms with van der Waals surface area (Å²) in [4.78, 5) is 22.5. The third kappa shape index (κ3) is 4.43. The van der Waals surface area contributed by atoms with Crippen LogP contribution in [0.4, 0.5) is 19.0 Å². The minimum absolute atomic E-state index is 0.0324. The Morgan fingerprint density at radius 2 is 2.00 bits per heavy atom. The minimum Gasteiger partial charge on any atom is -0.355 e. The van der Waals surface area contributed by atoms with E-state index in [2.05, 4.69) is 11.9 Å². The molecule has 1 aliphatic rings. The van der Waals surface area contributed by atoms with Crippen LogP contribution >= 0.6 is 11.3 Å². The molecule has 0 spiro atoms. The van der Waals surface area contributed by atoms with Crippen molar-refractivity contribution in [2.24, 2.45) is 0 Å². The van der Waals surface area contributed by atoms with E-state index >= 15 is 0 Å². The molecule has 4 nitrogen and oxygen atoms in total. The second-order valence-corrected chi connectivity index (χ2v) is 7.74. The summed E-state index contributed by atoms with van der Waals surface area (Å²) < 4.78 is 38.1. The Hall–Kier alpha value is -2.09. The smallest absolute Gasteiger partial charge is 0.355 e. The van der Waals surface area contributed by atoms with Gasteiger partial charge in [0.2, 0.25) is 0 Å². The zero-order chi connectivity index (χ0) is 19.6. The van der Waals surface area contributed by atoms with Crippen LogP contribution < -0.4 is 4.90 Å². The van der Waals surface area contributed by atoms with Crippen LogP contribution in [-0.4, -0.2) is 42.0 Å². The zero-order valence-electron chi connectivity index (χ0n) is 15.3. The third-order valence-corrected chi connectivity index (χ3v) is 6.10. The van der Waals surface area contributed by atoms with Gasteiger partial charge >= 0.3 is 6.18 Å². The number of nitrogens with zero attached hydrogens (tertiary/aromatic N) is 3. The van der Waals surface area contributed by atoms with Gasteiger partial charge in [0.1, 0.15) is 5.82 Å². The number of hydrogen-bond donors (Lipinski definition) is 0. The fraction of sp³-hybridized carbons (Fsp3) is 0.474. The number of amides is 1. The number of alkyl halides is 3. The molecule has 0 aromatic carbocycles. The lowest BCUT2D eigenvalue weighted by Gasteiger charge is -2.23. The fourth-order valence-corrected chi connectivity index (χ4v) is 4.30. The Morgan fingerprint density at radius 1 is 1.22 bits per heavy atom. The average Bonchev–Trinajstić information content (AvgIpc) is 2.86. The number of hydrogen-bond acceptors (Lipinski definition) is 4. The number of anilines is 1. The molecule has 0 aliphatic carbocycles. The highest BCUT2D eigenvalue weighted by molar-refractivity contribution is 7.14. The molecule has 3 heterocycles. The summed E-state index contributed by atoms with van der Waals surface area (Å²) in [6.07, 6.45) is -1.86. The summed E-state index contributed by atoms with van der Waals surface area (Å²) in [7, 11) is 0. The van der Waals surface area contributed by atoms with Gasteiger partial charge in [0.15, 0.2) is 0 Å². The van der Waals surface area contributed by atoms with Gasteiger partial charge in [-0.05, 0) is 43.5 Å². The monoisotopic (exact) mass is 397 g/mol. The second kappa shape index (κ2) is 7.88. The normalized spacial score (nSPS) is 15.7. The highest BCUT2D eigenvalue weighted by atomic mass is 32.1. The first-order chi connectivity index (χ1) is 12.8. The number of aryl methyl sites for hydroxylation is 2. The van der Waals surface area contributed by atoms with Crippen molar-refractivity contribution in [1.29, 1.82) is 0 Å². The lowest BCUT2D eigenvalue weighted by atomic mass is 10.2. The highest BCUT2D eigenvalue weighted by Crippen LogP contribution is 2.29. The molecule has 1 amide bonds. The number of rotatable bonds is 3. The van der Waals surface area contributed by atoms with Gasteiger partial charge in [-0.25, -0.2) is 4.98 Å². The number of aromatic nitrogens is 1. The number of halogens is 3. The molecule has 0 N–H and O–H groups in total. The molecular formula is C19H22F3N3OS. The van der Waals surface area contributed by atoms with Crippen molar-refractivity contribution in [2.75, 3.05) is 31.1 Å². The largest absolute Gasteiger partial charge is 0.417 e. The van der Waals surface area contributed by atoms with Crippen molar-refractivity contribution in [2.45, 2.75) is 32.9 Å². The van der Waals surface area contributed by atoms with E-state index in [1.807, 2.05) is 22.8 Å². The summed E-state index contributed by atoms with van der Waals surface area (Å²) >= 11 is 1.55. The summed E-state index contributed by atoms with van der Waals surface area (Å²) in [5, 5.41) is 0. The maximum absolute atomic E-state index is 12.8. The van der Waals surface area contributed by atoms with E-state index < -0.39 is 11.7 Å². The van der Waals surface area contributed by atoms with Crippen molar-refractivity contribution in [3.8, 4) is 0 Å². The maximum atomic E-state index is 12.8. The molecule has 146 valence electrons. The molecule has 1 saturated heterocycles. The van der Waals surface area contributed by atoms with Crippen LogP contribution in [0, 0.1) is 6.92 Å². The number of pyridine rings is 1. The van der Waals surface area contributed by atoms with Crippen molar-refractivity contribution in [1.82, 2.24) is 9.88 Å². The Balaban J connectivity index is 1.67. The van der Waals surface area contributed by atoms with Gasteiger partial charge in [0.05, 0.1) is 10.4 Å². The van der Waals surface area contributed by atoms with Gasteiger partial charge in [0.25, 0.3) is 5.91 Å². The topological polar surface area (TPSA) is 36.4 Å². The molecule has 2 aromatic rings. The molecule has 0 unspecified atom stereocenters. The van der Waals surface area contributed by atoms with Gasteiger partial charge < -0.3 is 9.80 Å².